The van der Waals surface area contributed by atoms with Crippen LogP contribution in [-0.4, -0.2) is 19.3 Å². The molecule has 5 nitrogen and oxygen atoms in total. The van der Waals surface area contributed by atoms with E-state index in [-0.39, 0.29) is 10.6 Å². The number of sulfonamides is 1. The SMILES string of the molecule is CCN(Cc1cccs1)S(=O)(=O)c1ccc(C#N)cc1N. The molecule has 2 N–H and O–H groups in total. The van der Waals surface area contributed by atoms with Gasteiger partial charge in [-0.2, -0.15) is 9.57 Å². The second-order valence-corrected chi connectivity index (χ2v) is 7.31. The zero-order chi connectivity index (χ0) is 15.5. The van der Waals surface area contributed by atoms with E-state index in [9.17, 15) is 8.42 Å². The highest BCUT2D eigenvalue weighted by Gasteiger charge is 2.25. The first-order valence-corrected chi connectivity index (χ1v) is 8.63. The van der Waals surface area contributed by atoms with Gasteiger partial charge in [-0.25, -0.2) is 8.42 Å². The molecule has 0 unspecified atom stereocenters. The molecule has 0 fully saturated rings. The highest BCUT2D eigenvalue weighted by atomic mass is 32.2. The van der Waals surface area contributed by atoms with Gasteiger partial charge in [-0.3, -0.25) is 0 Å². The molecule has 0 aliphatic heterocycles. The van der Waals surface area contributed by atoms with E-state index in [1.165, 1.54) is 33.8 Å². The minimum atomic E-state index is -3.68. The normalized spacial score (nSPS) is 11.5. The van der Waals surface area contributed by atoms with E-state index < -0.39 is 10.0 Å². The fourth-order valence-electron chi connectivity index (χ4n) is 1.94. The number of benzene rings is 1. The van der Waals surface area contributed by atoms with Crippen molar-refractivity contribution in [3.8, 4) is 6.07 Å². The van der Waals surface area contributed by atoms with Crippen LogP contribution in [0.1, 0.15) is 17.4 Å². The van der Waals surface area contributed by atoms with Crippen LogP contribution in [0.2, 0.25) is 0 Å². The van der Waals surface area contributed by atoms with E-state index in [2.05, 4.69) is 0 Å². The van der Waals surface area contributed by atoms with Crippen molar-refractivity contribution in [3.05, 3.63) is 46.2 Å². The second kappa shape index (κ2) is 6.26. The van der Waals surface area contributed by atoms with E-state index >= 15 is 0 Å². The number of nitrogens with two attached hydrogens (primary N) is 1. The Kier molecular flexibility index (Phi) is 4.63. The molecule has 21 heavy (non-hydrogen) atoms. The summed E-state index contributed by atoms with van der Waals surface area (Å²) in [5, 5.41) is 10.7. The molecular weight excluding hydrogens is 306 g/mol. The zero-order valence-corrected chi connectivity index (χ0v) is 13.1. The number of rotatable bonds is 5. The minimum Gasteiger partial charge on any atom is -0.398 e. The van der Waals surface area contributed by atoms with Crippen molar-refractivity contribution >= 4 is 27.0 Å². The maximum absolute atomic E-state index is 12.7. The zero-order valence-electron chi connectivity index (χ0n) is 11.5. The number of thiophene rings is 1. The summed E-state index contributed by atoms with van der Waals surface area (Å²) in [6, 6.07) is 9.95. The van der Waals surface area contributed by atoms with Crippen LogP contribution in [0.15, 0.2) is 40.6 Å². The standard InChI is InChI=1S/C14H15N3O2S2/c1-2-17(10-12-4-3-7-20-12)21(18,19)14-6-5-11(9-15)8-13(14)16/h3-8H,2,10,16H2,1H3. The van der Waals surface area contributed by atoms with Crippen molar-refractivity contribution in [1.82, 2.24) is 4.31 Å². The van der Waals surface area contributed by atoms with Gasteiger partial charge in [0.25, 0.3) is 0 Å². The lowest BCUT2D eigenvalue weighted by atomic mass is 10.2. The maximum atomic E-state index is 12.7. The van der Waals surface area contributed by atoms with Gasteiger partial charge in [0.05, 0.1) is 17.3 Å². The van der Waals surface area contributed by atoms with E-state index in [0.29, 0.717) is 18.7 Å². The number of anilines is 1. The molecule has 0 aliphatic carbocycles. The molecule has 1 heterocycles. The Bertz CT molecular complexity index is 762. The molecule has 110 valence electrons. The molecule has 0 saturated heterocycles. The topological polar surface area (TPSA) is 87.2 Å². The molecular formula is C14H15N3O2S2. The Hall–Kier alpha value is -1.88. The number of nitrogen functional groups attached to an aromatic ring is 1. The third kappa shape index (κ3) is 3.24. The van der Waals surface area contributed by atoms with Gasteiger partial charge in [-0.15, -0.1) is 11.3 Å². The Morgan fingerprint density at radius 1 is 1.38 bits per heavy atom. The summed E-state index contributed by atoms with van der Waals surface area (Å²) in [6.45, 7) is 2.45. The third-order valence-electron chi connectivity index (χ3n) is 3.02. The fourth-order valence-corrected chi connectivity index (χ4v) is 4.26. The smallest absolute Gasteiger partial charge is 0.245 e. The summed E-state index contributed by atoms with van der Waals surface area (Å²) in [4.78, 5) is 1.01. The van der Waals surface area contributed by atoms with Crippen LogP contribution in [0.3, 0.4) is 0 Å². The minimum absolute atomic E-state index is 0.0416. The first-order chi connectivity index (χ1) is 9.98. The summed E-state index contributed by atoms with van der Waals surface area (Å²) >= 11 is 1.51. The van der Waals surface area contributed by atoms with Gasteiger partial charge in [0.2, 0.25) is 10.0 Å². The number of nitriles is 1. The summed E-state index contributed by atoms with van der Waals surface area (Å²) in [6.07, 6.45) is 0. The average Bonchev–Trinajstić information content (AvgIpc) is 2.97. The lowest BCUT2D eigenvalue weighted by Gasteiger charge is -2.20. The third-order valence-corrected chi connectivity index (χ3v) is 5.88. The largest absolute Gasteiger partial charge is 0.398 e. The molecule has 2 aromatic rings. The summed E-state index contributed by atoms with van der Waals surface area (Å²) in [5.74, 6) is 0. The van der Waals surface area contributed by atoms with E-state index in [1.807, 2.05) is 23.6 Å². The highest BCUT2D eigenvalue weighted by molar-refractivity contribution is 7.89. The molecule has 1 aromatic heterocycles. The number of hydrogen-bond acceptors (Lipinski definition) is 5. The Balaban J connectivity index is 2.38. The molecule has 7 heteroatoms. The average molecular weight is 321 g/mol. The lowest BCUT2D eigenvalue weighted by molar-refractivity contribution is 0.426. The summed E-state index contributed by atoms with van der Waals surface area (Å²) in [5.41, 5.74) is 6.23. The van der Waals surface area contributed by atoms with Crippen molar-refractivity contribution in [1.29, 1.82) is 5.26 Å². The van der Waals surface area contributed by atoms with E-state index in [1.54, 1.807) is 6.92 Å². The summed E-state index contributed by atoms with van der Waals surface area (Å²) < 4.78 is 26.7. The highest BCUT2D eigenvalue weighted by Crippen LogP contribution is 2.25. The molecule has 0 saturated carbocycles. The molecule has 0 aliphatic rings. The Morgan fingerprint density at radius 2 is 2.14 bits per heavy atom. The number of nitrogens with zero attached hydrogens (tertiary/aromatic N) is 2. The Labute approximate surface area is 128 Å². The molecule has 0 bridgehead atoms. The van der Waals surface area contributed by atoms with Crippen molar-refractivity contribution in [2.75, 3.05) is 12.3 Å². The van der Waals surface area contributed by atoms with Gasteiger partial charge in [-0.1, -0.05) is 13.0 Å². The van der Waals surface area contributed by atoms with E-state index in [0.717, 1.165) is 4.88 Å². The molecule has 2 rings (SSSR count). The molecule has 1 aromatic carbocycles. The van der Waals surface area contributed by atoms with Crippen LogP contribution in [0.25, 0.3) is 0 Å². The van der Waals surface area contributed by atoms with Crippen molar-refractivity contribution in [3.63, 3.8) is 0 Å². The van der Waals surface area contributed by atoms with E-state index in [4.69, 9.17) is 11.0 Å². The maximum Gasteiger partial charge on any atom is 0.245 e. The van der Waals surface area contributed by atoms with Crippen molar-refractivity contribution < 1.29 is 8.42 Å². The van der Waals surface area contributed by atoms with Crippen LogP contribution in [0, 0.1) is 11.3 Å². The molecule has 0 radical (unpaired) electrons. The summed E-state index contributed by atoms with van der Waals surface area (Å²) in [7, 11) is -3.68. The van der Waals surface area contributed by atoms with Gasteiger partial charge >= 0.3 is 0 Å². The van der Waals surface area contributed by atoms with Crippen LogP contribution in [0.5, 0.6) is 0 Å². The quantitative estimate of drug-likeness (QED) is 0.857. The van der Waals surface area contributed by atoms with Gasteiger partial charge in [-0.05, 0) is 29.6 Å². The van der Waals surface area contributed by atoms with Crippen LogP contribution < -0.4 is 5.73 Å². The fraction of sp³-hybridized carbons (Fsp3) is 0.214. The Morgan fingerprint density at radius 3 is 2.67 bits per heavy atom. The van der Waals surface area contributed by atoms with Crippen LogP contribution in [-0.2, 0) is 16.6 Å². The second-order valence-electron chi connectivity index (χ2n) is 4.37. The first kappa shape index (κ1) is 15.5. The first-order valence-electron chi connectivity index (χ1n) is 6.31. The molecule has 0 spiro atoms. The van der Waals surface area contributed by atoms with Gasteiger partial charge in [0, 0.05) is 18.0 Å². The monoisotopic (exact) mass is 321 g/mol. The van der Waals surface area contributed by atoms with Gasteiger partial charge in [0.1, 0.15) is 4.90 Å². The van der Waals surface area contributed by atoms with Crippen LogP contribution >= 0.6 is 11.3 Å². The lowest BCUT2D eigenvalue weighted by Crippen LogP contribution is -2.30. The molecule has 0 amide bonds. The van der Waals surface area contributed by atoms with Gasteiger partial charge < -0.3 is 5.73 Å². The van der Waals surface area contributed by atoms with Crippen molar-refractivity contribution in [2.45, 2.75) is 18.4 Å². The predicted molar refractivity (Wildman–Crippen MR) is 83.2 cm³/mol. The van der Waals surface area contributed by atoms with Gasteiger partial charge in [0.15, 0.2) is 0 Å². The van der Waals surface area contributed by atoms with Crippen molar-refractivity contribution in [2.24, 2.45) is 0 Å². The number of hydrogen-bond donors (Lipinski definition) is 1. The predicted octanol–water partition coefficient (Wildman–Crippen LogP) is 2.41. The van der Waals surface area contributed by atoms with Crippen LogP contribution in [0.4, 0.5) is 5.69 Å². The molecule has 0 atom stereocenters.